The first kappa shape index (κ1) is 8.52. The van der Waals surface area contributed by atoms with Gasteiger partial charge in [0.2, 0.25) is 0 Å². The minimum absolute atomic E-state index is 0.191. The summed E-state index contributed by atoms with van der Waals surface area (Å²) in [6.07, 6.45) is 7.97. The number of piperidine rings is 1. The van der Waals surface area contributed by atoms with Gasteiger partial charge in [0.05, 0.1) is 0 Å². The third-order valence-corrected chi connectivity index (χ3v) is 3.52. The van der Waals surface area contributed by atoms with Crippen LogP contribution in [0.4, 0.5) is 0 Å². The maximum atomic E-state index is 6.33. The van der Waals surface area contributed by atoms with Crippen molar-refractivity contribution < 1.29 is 0 Å². The van der Waals surface area contributed by atoms with Gasteiger partial charge >= 0.3 is 0 Å². The van der Waals surface area contributed by atoms with Crippen LogP contribution in [-0.4, -0.2) is 18.6 Å². The van der Waals surface area contributed by atoms with Crippen LogP contribution < -0.4 is 11.1 Å². The second-order valence-electron chi connectivity index (χ2n) is 4.61. The van der Waals surface area contributed by atoms with Gasteiger partial charge in [-0.3, -0.25) is 0 Å². The Labute approximate surface area is 74.9 Å². The SMILES string of the molecule is NC1(CC2CCC2)CCNCC1. The Bertz CT molecular complexity index is 146. The van der Waals surface area contributed by atoms with Crippen molar-refractivity contribution in [2.45, 2.75) is 44.1 Å². The molecule has 2 fully saturated rings. The van der Waals surface area contributed by atoms with E-state index in [0.29, 0.717) is 0 Å². The summed E-state index contributed by atoms with van der Waals surface area (Å²) in [7, 11) is 0. The van der Waals surface area contributed by atoms with E-state index in [9.17, 15) is 0 Å². The van der Waals surface area contributed by atoms with Gasteiger partial charge in [-0.05, 0) is 38.3 Å². The highest BCUT2D eigenvalue weighted by molar-refractivity contribution is 4.92. The lowest BCUT2D eigenvalue weighted by Gasteiger charge is -2.39. The van der Waals surface area contributed by atoms with Gasteiger partial charge < -0.3 is 11.1 Å². The molecule has 0 spiro atoms. The van der Waals surface area contributed by atoms with Crippen molar-refractivity contribution in [3.63, 3.8) is 0 Å². The standard InChI is InChI=1S/C10H20N2/c11-10(4-6-12-7-5-10)8-9-2-1-3-9/h9,12H,1-8,11H2. The molecule has 1 aliphatic carbocycles. The molecule has 2 heteroatoms. The summed E-state index contributed by atoms with van der Waals surface area (Å²) in [4.78, 5) is 0. The summed E-state index contributed by atoms with van der Waals surface area (Å²) in [6.45, 7) is 2.26. The Morgan fingerprint density at radius 2 is 1.92 bits per heavy atom. The molecular formula is C10H20N2. The summed E-state index contributed by atoms with van der Waals surface area (Å²) in [5.74, 6) is 0.966. The third-order valence-electron chi connectivity index (χ3n) is 3.52. The van der Waals surface area contributed by atoms with E-state index in [1.54, 1.807) is 0 Å². The van der Waals surface area contributed by atoms with E-state index in [-0.39, 0.29) is 5.54 Å². The van der Waals surface area contributed by atoms with Crippen molar-refractivity contribution in [2.24, 2.45) is 11.7 Å². The van der Waals surface area contributed by atoms with Crippen LogP contribution in [0, 0.1) is 5.92 Å². The predicted molar refractivity (Wildman–Crippen MR) is 51.0 cm³/mol. The fourth-order valence-corrected chi connectivity index (χ4v) is 2.40. The zero-order chi connectivity index (χ0) is 8.44. The van der Waals surface area contributed by atoms with Crippen LogP contribution in [0.15, 0.2) is 0 Å². The van der Waals surface area contributed by atoms with E-state index in [2.05, 4.69) is 5.32 Å². The zero-order valence-electron chi connectivity index (χ0n) is 7.81. The van der Waals surface area contributed by atoms with Crippen molar-refractivity contribution in [1.29, 1.82) is 0 Å². The quantitative estimate of drug-likeness (QED) is 0.651. The first-order valence-electron chi connectivity index (χ1n) is 5.28. The molecule has 2 rings (SSSR count). The van der Waals surface area contributed by atoms with E-state index in [1.807, 2.05) is 0 Å². The number of hydrogen-bond acceptors (Lipinski definition) is 2. The molecule has 1 saturated heterocycles. The van der Waals surface area contributed by atoms with Crippen LogP contribution in [-0.2, 0) is 0 Å². The number of hydrogen-bond donors (Lipinski definition) is 2. The molecule has 0 atom stereocenters. The van der Waals surface area contributed by atoms with Crippen molar-refractivity contribution in [3.05, 3.63) is 0 Å². The maximum Gasteiger partial charge on any atom is 0.0181 e. The minimum Gasteiger partial charge on any atom is -0.325 e. The molecule has 1 saturated carbocycles. The van der Waals surface area contributed by atoms with E-state index in [0.717, 1.165) is 19.0 Å². The predicted octanol–water partition coefficient (Wildman–Crippen LogP) is 1.26. The van der Waals surface area contributed by atoms with E-state index in [4.69, 9.17) is 5.73 Å². The monoisotopic (exact) mass is 168 g/mol. The Morgan fingerprint density at radius 3 is 2.42 bits per heavy atom. The highest BCUT2D eigenvalue weighted by atomic mass is 14.9. The van der Waals surface area contributed by atoms with Crippen molar-refractivity contribution in [2.75, 3.05) is 13.1 Å². The zero-order valence-corrected chi connectivity index (χ0v) is 7.81. The topological polar surface area (TPSA) is 38.0 Å². The Kier molecular flexibility index (Phi) is 2.37. The third kappa shape index (κ3) is 1.80. The summed E-state index contributed by atoms with van der Waals surface area (Å²) in [6, 6.07) is 0. The fourth-order valence-electron chi connectivity index (χ4n) is 2.40. The first-order valence-corrected chi connectivity index (χ1v) is 5.28. The first-order chi connectivity index (χ1) is 5.79. The molecule has 12 heavy (non-hydrogen) atoms. The molecule has 2 nitrogen and oxygen atoms in total. The van der Waals surface area contributed by atoms with Crippen LogP contribution in [0.25, 0.3) is 0 Å². The van der Waals surface area contributed by atoms with E-state index in [1.165, 1.54) is 38.5 Å². The van der Waals surface area contributed by atoms with Gasteiger partial charge in [0.25, 0.3) is 0 Å². The second-order valence-corrected chi connectivity index (χ2v) is 4.61. The van der Waals surface area contributed by atoms with Gasteiger partial charge in [0.1, 0.15) is 0 Å². The van der Waals surface area contributed by atoms with Crippen LogP contribution in [0.1, 0.15) is 38.5 Å². The summed E-state index contributed by atoms with van der Waals surface area (Å²) in [5, 5.41) is 3.37. The fraction of sp³-hybridized carbons (Fsp3) is 1.00. The lowest BCUT2D eigenvalue weighted by Crippen LogP contribution is -2.50. The van der Waals surface area contributed by atoms with E-state index >= 15 is 0 Å². The molecule has 0 aromatic carbocycles. The van der Waals surface area contributed by atoms with Crippen molar-refractivity contribution >= 4 is 0 Å². The molecule has 0 radical (unpaired) electrons. The van der Waals surface area contributed by atoms with Crippen LogP contribution in [0.2, 0.25) is 0 Å². The summed E-state index contributed by atoms with van der Waals surface area (Å²) in [5.41, 5.74) is 6.52. The largest absolute Gasteiger partial charge is 0.325 e. The van der Waals surface area contributed by atoms with Gasteiger partial charge in [-0.15, -0.1) is 0 Å². The molecule has 70 valence electrons. The van der Waals surface area contributed by atoms with Gasteiger partial charge in [-0.25, -0.2) is 0 Å². The Balaban J connectivity index is 1.81. The number of rotatable bonds is 2. The smallest absolute Gasteiger partial charge is 0.0181 e. The maximum absolute atomic E-state index is 6.33. The molecule has 2 aliphatic rings. The number of nitrogens with two attached hydrogens (primary N) is 1. The molecule has 1 heterocycles. The number of nitrogens with one attached hydrogen (secondary N) is 1. The van der Waals surface area contributed by atoms with E-state index < -0.39 is 0 Å². The van der Waals surface area contributed by atoms with Crippen molar-refractivity contribution in [3.8, 4) is 0 Å². The lowest BCUT2D eigenvalue weighted by atomic mass is 9.73. The average Bonchev–Trinajstić information content (AvgIpc) is 1.99. The molecule has 3 N–H and O–H groups in total. The molecule has 0 aromatic heterocycles. The van der Waals surface area contributed by atoms with Crippen LogP contribution >= 0.6 is 0 Å². The van der Waals surface area contributed by atoms with Crippen LogP contribution in [0.5, 0.6) is 0 Å². The molecule has 0 aromatic rings. The second kappa shape index (κ2) is 3.35. The van der Waals surface area contributed by atoms with Gasteiger partial charge in [0.15, 0.2) is 0 Å². The average molecular weight is 168 g/mol. The molecule has 0 bridgehead atoms. The highest BCUT2D eigenvalue weighted by Crippen LogP contribution is 2.35. The summed E-state index contributed by atoms with van der Waals surface area (Å²) >= 11 is 0. The highest BCUT2D eigenvalue weighted by Gasteiger charge is 2.32. The normalized spacial score (nSPS) is 29.8. The molecule has 0 amide bonds. The molecule has 0 unspecified atom stereocenters. The Morgan fingerprint density at radius 1 is 1.25 bits per heavy atom. The van der Waals surface area contributed by atoms with Gasteiger partial charge in [-0.1, -0.05) is 19.3 Å². The van der Waals surface area contributed by atoms with Crippen molar-refractivity contribution in [1.82, 2.24) is 5.32 Å². The molecule has 1 aliphatic heterocycles. The lowest BCUT2D eigenvalue weighted by molar-refractivity contribution is 0.190. The van der Waals surface area contributed by atoms with Crippen LogP contribution in [0.3, 0.4) is 0 Å². The minimum atomic E-state index is 0.191. The van der Waals surface area contributed by atoms with Gasteiger partial charge in [0, 0.05) is 5.54 Å². The van der Waals surface area contributed by atoms with Gasteiger partial charge in [-0.2, -0.15) is 0 Å². The molecular weight excluding hydrogens is 148 g/mol. The Hall–Kier alpha value is -0.0800. The summed E-state index contributed by atoms with van der Waals surface area (Å²) < 4.78 is 0.